The van der Waals surface area contributed by atoms with Gasteiger partial charge < -0.3 is 9.42 Å². The second-order valence-electron chi connectivity index (χ2n) is 5.44. The van der Waals surface area contributed by atoms with Gasteiger partial charge in [0.1, 0.15) is 5.76 Å². The molecule has 0 N–H and O–H groups in total. The van der Waals surface area contributed by atoms with Crippen molar-refractivity contribution in [2.24, 2.45) is 0 Å². The van der Waals surface area contributed by atoms with E-state index in [2.05, 4.69) is 5.16 Å². The van der Waals surface area contributed by atoms with Crippen LogP contribution in [-0.4, -0.2) is 28.3 Å². The third kappa shape index (κ3) is 4.13. The summed E-state index contributed by atoms with van der Waals surface area (Å²) in [4.78, 5) is 14.2. The summed E-state index contributed by atoms with van der Waals surface area (Å²) in [6.45, 7) is 6.42. The molecule has 0 aliphatic carbocycles. The smallest absolute Gasteiger partial charge is 0.235 e. The van der Waals surface area contributed by atoms with E-state index < -0.39 is 0 Å². The lowest BCUT2D eigenvalue weighted by atomic mass is 10.2. The van der Waals surface area contributed by atoms with Gasteiger partial charge in [-0.2, -0.15) is 0 Å². The van der Waals surface area contributed by atoms with Crippen LogP contribution in [0.5, 0.6) is 0 Å². The van der Waals surface area contributed by atoms with Gasteiger partial charge in [-0.05, 0) is 26.3 Å². The Morgan fingerprint density at radius 2 is 2.00 bits per heavy atom. The predicted molar refractivity (Wildman–Crippen MR) is 89.7 cm³/mol. The molecule has 2 aromatic rings. The molecule has 0 saturated carbocycles. The summed E-state index contributed by atoms with van der Waals surface area (Å²) in [5.41, 5.74) is 3.14. The highest BCUT2D eigenvalue weighted by molar-refractivity contribution is 7.99. The summed E-state index contributed by atoms with van der Waals surface area (Å²) in [5, 5.41) is 3.85. The summed E-state index contributed by atoms with van der Waals surface area (Å²) in [6, 6.07) is 10.0. The minimum Gasteiger partial charge on any atom is -0.361 e. The Morgan fingerprint density at radius 1 is 1.32 bits per heavy atom. The fourth-order valence-electron chi connectivity index (χ4n) is 2.23. The molecule has 2 rings (SSSR count). The number of benzene rings is 1. The molecule has 4 nitrogen and oxygen atoms in total. The summed E-state index contributed by atoms with van der Waals surface area (Å²) in [7, 11) is 1.85. The van der Waals surface area contributed by atoms with Crippen molar-refractivity contribution >= 4 is 17.7 Å². The monoisotopic (exact) mass is 318 g/mol. The van der Waals surface area contributed by atoms with Crippen molar-refractivity contribution in [2.75, 3.05) is 7.05 Å². The predicted octanol–water partition coefficient (Wildman–Crippen LogP) is 3.57. The van der Waals surface area contributed by atoms with E-state index in [0.717, 1.165) is 28.3 Å². The maximum Gasteiger partial charge on any atom is 0.235 e. The molecule has 0 bridgehead atoms. The largest absolute Gasteiger partial charge is 0.361 e. The van der Waals surface area contributed by atoms with Gasteiger partial charge in [-0.25, -0.2) is 0 Å². The topological polar surface area (TPSA) is 46.3 Å². The molecule has 0 fully saturated rings. The van der Waals surface area contributed by atoms with Crippen LogP contribution < -0.4 is 0 Å². The number of carbonyl (C=O) groups excluding carboxylic acids is 1. The zero-order valence-corrected chi connectivity index (χ0v) is 14.3. The van der Waals surface area contributed by atoms with Crippen molar-refractivity contribution < 1.29 is 9.32 Å². The lowest BCUT2D eigenvalue weighted by Gasteiger charge is -2.21. The zero-order valence-electron chi connectivity index (χ0n) is 13.5. The molecule has 0 radical (unpaired) electrons. The van der Waals surface area contributed by atoms with E-state index in [4.69, 9.17) is 4.52 Å². The van der Waals surface area contributed by atoms with Crippen LogP contribution in [0.25, 0.3) is 0 Å². The first-order chi connectivity index (χ1) is 10.5. The number of hydrogen-bond donors (Lipinski definition) is 0. The molecule has 1 aromatic heterocycles. The molecule has 1 heterocycles. The van der Waals surface area contributed by atoms with Gasteiger partial charge in [0.05, 0.1) is 10.9 Å². The number of nitrogens with zero attached hydrogens (tertiary/aromatic N) is 2. The first-order valence-electron chi connectivity index (χ1n) is 7.31. The Bertz CT molecular complexity index is 605. The minimum atomic E-state index is -0.0950. The van der Waals surface area contributed by atoms with Gasteiger partial charge in [0.15, 0.2) is 0 Å². The molecule has 0 aliphatic heterocycles. The molecular formula is C17H22N2O2S. The van der Waals surface area contributed by atoms with Crippen molar-refractivity contribution in [1.82, 2.24) is 10.1 Å². The Hall–Kier alpha value is -1.75. The number of aromatic nitrogens is 1. The van der Waals surface area contributed by atoms with E-state index in [1.165, 1.54) is 0 Å². The lowest BCUT2D eigenvalue weighted by Crippen LogP contribution is -2.32. The van der Waals surface area contributed by atoms with Crippen LogP contribution in [0.2, 0.25) is 0 Å². The molecule has 118 valence electrons. The average molecular weight is 318 g/mol. The van der Waals surface area contributed by atoms with E-state index in [-0.39, 0.29) is 11.2 Å². The average Bonchev–Trinajstić information content (AvgIpc) is 2.83. The molecule has 22 heavy (non-hydrogen) atoms. The molecular weight excluding hydrogens is 296 g/mol. The van der Waals surface area contributed by atoms with Crippen LogP contribution in [0.1, 0.15) is 29.5 Å². The van der Waals surface area contributed by atoms with Crippen molar-refractivity contribution in [3.63, 3.8) is 0 Å². The Labute approximate surface area is 135 Å². The lowest BCUT2D eigenvalue weighted by molar-refractivity contribution is -0.129. The van der Waals surface area contributed by atoms with Crippen LogP contribution in [0, 0.1) is 13.8 Å². The second-order valence-corrected chi connectivity index (χ2v) is 6.76. The first kappa shape index (κ1) is 16.6. The number of hydrogen-bond acceptors (Lipinski definition) is 4. The second kappa shape index (κ2) is 7.49. The standard InChI is InChI=1S/C17H22N2O2S/c1-12-16(13(2)21-18-12)11-22-14(3)17(20)19(4)10-15-8-6-5-7-9-15/h5-9,14H,10-11H2,1-4H3. The minimum absolute atomic E-state index is 0.0950. The van der Waals surface area contributed by atoms with Gasteiger partial charge in [-0.3, -0.25) is 4.79 Å². The summed E-state index contributed by atoms with van der Waals surface area (Å²) in [6.07, 6.45) is 0. The van der Waals surface area contributed by atoms with Crippen molar-refractivity contribution in [3.8, 4) is 0 Å². The highest BCUT2D eigenvalue weighted by Gasteiger charge is 2.19. The molecule has 0 spiro atoms. The summed E-state index contributed by atoms with van der Waals surface area (Å²) in [5.74, 6) is 1.72. The SMILES string of the molecule is Cc1noc(C)c1CSC(C)C(=O)N(C)Cc1ccccc1. The third-order valence-electron chi connectivity index (χ3n) is 3.65. The van der Waals surface area contributed by atoms with E-state index in [1.807, 2.05) is 58.2 Å². The molecule has 5 heteroatoms. The number of carbonyl (C=O) groups is 1. The summed E-state index contributed by atoms with van der Waals surface area (Å²) >= 11 is 1.62. The highest BCUT2D eigenvalue weighted by Crippen LogP contribution is 2.23. The van der Waals surface area contributed by atoms with E-state index in [9.17, 15) is 4.79 Å². The number of amides is 1. The maximum absolute atomic E-state index is 12.4. The summed E-state index contributed by atoms with van der Waals surface area (Å²) < 4.78 is 5.16. The van der Waals surface area contributed by atoms with E-state index in [1.54, 1.807) is 16.7 Å². The fraction of sp³-hybridized carbons (Fsp3) is 0.412. The highest BCUT2D eigenvalue weighted by atomic mass is 32.2. The van der Waals surface area contributed by atoms with Gasteiger partial charge in [0.2, 0.25) is 5.91 Å². The van der Waals surface area contributed by atoms with Gasteiger partial charge in [-0.15, -0.1) is 11.8 Å². The molecule has 0 saturated heterocycles. The number of aryl methyl sites for hydroxylation is 2. The van der Waals surface area contributed by atoms with Gasteiger partial charge in [0.25, 0.3) is 0 Å². The van der Waals surface area contributed by atoms with Crippen LogP contribution in [0.3, 0.4) is 0 Å². The van der Waals surface area contributed by atoms with Crippen molar-refractivity contribution in [1.29, 1.82) is 0 Å². The quantitative estimate of drug-likeness (QED) is 0.817. The normalized spacial score (nSPS) is 12.2. The number of rotatable bonds is 6. The van der Waals surface area contributed by atoms with Crippen LogP contribution in [0.4, 0.5) is 0 Å². The van der Waals surface area contributed by atoms with Crippen LogP contribution in [0.15, 0.2) is 34.9 Å². The molecule has 1 atom stereocenters. The first-order valence-corrected chi connectivity index (χ1v) is 8.36. The van der Waals surface area contributed by atoms with Crippen molar-refractivity contribution in [3.05, 3.63) is 52.9 Å². The van der Waals surface area contributed by atoms with E-state index in [0.29, 0.717) is 6.54 Å². The molecule has 1 amide bonds. The van der Waals surface area contributed by atoms with Gasteiger partial charge >= 0.3 is 0 Å². The number of thioether (sulfide) groups is 1. The molecule has 1 aromatic carbocycles. The van der Waals surface area contributed by atoms with Gasteiger partial charge in [-0.1, -0.05) is 35.5 Å². The van der Waals surface area contributed by atoms with Crippen LogP contribution in [-0.2, 0) is 17.1 Å². The molecule has 1 unspecified atom stereocenters. The van der Waals surface area contributed by atoms with E-state index >= 15 is 0 Å². The fourth-order valence-corrected chi connectivity index (χ4v) is 3.38. The van der Waals surface area contributed by atoms with Crippen LogP contribution >= 0.6 is 11.8 Å². The molecule has 0 aliphatic rings. The third-order valence-corrected chi connectivity index (χ3v) is 4.80. The Kier molecular flexibility index (Phi) is 5.66. The Morgan fingerprint density at radius 3 is 2.59 bits per heavy atom. The van der Waals surface area contributed by atoms with Crippen molar-refractivity contribution in [2.45, 2.75) is 38.3 Å². The Balaban J connectivity index is 1.89. The maximum atomic E-state index is 12.4. The van der Waals surface area contributed by atoms with Gasteiger partial charge in [0, 0.05) is 24.9 Å². The zero-order chi connectivity index (χ0) is 16.1.